The molecule has 3 N–H and O–H groups in total. The maximum absolute atomic E-state index is 11.1. The van der Waals surface area contributed by atoms with Gasteiger partial charge in [-0.05, 0) is 12.1 Å². The van der Waals surface area contributed by atoms with Crippen LogP contribution >= 0.6 is 24.8 Å². The fourth-order valence-electron chi connectivity index (χ4n) is 3.50. The van der Waals surface area contributed by atoms with Crippen molar-refractivity contribution in [3.8, 4) is 0 Å². The molecule has 0 radical (unpaired) electrons. The van der Waals surface area contributed by atoms with E-state index in [1.807, 2.05) is 6.08 Å². The molecule has 0 aromatic heterocycles. The molecular weight excluding hydrogens is 417 g/mol. The molecule has 0 spiro atoms. The smallest absolute Gasteiger partial charge is 0.252 e. The first-order valence-electron chi connectivity index (χ1n) is 9.16. The molecule has 2 heterocycles. The van der Waals surface area contributed by atoms with Gasteiger partial charge in [0.15, 0.2) is 0 Å². The van der Waals surface area contributed by atoms with Crippen LogP contribution in [-0.4, -0.2) is 49.2 Å². The molecule has 0 atom stereocenters. The third-order valence-electron chi connectivity index (χ3n) is 4.99. The first-order chi connectivity index (χ1) is 13.2. The van der Waals surface area contributed by atoms with Gasteiger partial charge >= 0.3 is 0 Å². The average molecular weight is 442 g/mol. The Bertz CT molecular complexity index is 835. The minimum absolute atomic E-state index is 0. The van der Waals surface area contributed by atoms with Crippen LogP contribution in [0.25, 0.3) is 5.57 Å². The van der Waals surface area contributed by atoms with E-state index in [9.17, 15) is 10.1 Å². The summed E-state index contributed by atoms with van der Waals surface area (Å²) in [5, 5.41) is 14.6. The van der Waals surface area contributed by atoms with E-state index in [4.69, 9.17) is 4.74 Å². The molecule has 1 aromatic rings. The average Bonchev–Trinajstić information content (AvgIpc) is 2.91. The minimum atomic E-state index is -0.334. The van der Waals surface area contributed by atoms with Gasteiger partial charge in [0.25, 0.3) is 5.70 Å². The molecule has 3 aliphatic rings. The van der Waals surface area contributed by atoms with Crippen molar-refractivity contribution >= 4 is 41.8 Å². The summed E-state index contributed by atoms with van der Waals surface area (Å²) in [6.45, 7) is 5.45. The summed E-state index contributed by atoms with van der Waals surface area (Å²) in [5.74, 6) is 0. The van der Waals surface area contributed by atoms with Crippen molar-refractivity contribution in [2.24, 2.45) is 0 Å². The molecule has 0 bridgehead atoms. The molecule has 2 aliphatic heterocycles. The second kappa shape index (κ2) is 10.5. The van der Waals surface area contributed by atoms with Crippen molar-refractivity contribution in [3.63, 3.8) is 0 Å². The lowest BCUT2D eigenvalue weighted by atomic mass is 9.98. The van der Waals surface area contributed by atoms with E-state index < -0.39 is 0 Å². The highest BCUT2D eigenvalue weighted by molar-refractivity contribution is 5.88. The van der Waals surface area contributed by atoms with Gasteiger partial charge in [-0.15, -0.1) is 24.8 Å². The number of hydrogen-bond donors (Lipinski definition) is 3. The van der Waals surface area contributed by atoms with Crippen molar-refractivity contribution < 1.29 is 9.66 Å². The fourth-order valence-corrected chi connectivity index (χ4v) is 3.50. The van der Waals surface area contributed by atoms with E-state index in [2.05, 4.69) is 39.3 Å². The summed E-state index contributed by atoms with van der Waals surface area (Å²) in [6.07, 6.45) is 5.48. The van der Waals surface area contributed by atoms with Crippen molar-refractivity contribution in [1.82, 2.24) is 10.3 Å². The summed E-state index contributed by atoms with van der Waals surface area (Å²) in [4.78, 5) is 13.2. The SMILES string of the molecule is Cl.Cl.O=[N+]([O-])C1=CC=CC2=C(C1)NNc1cc(NCCN3CCOCC3)ccc12. The van der Waals surface area contributed by atoms with Crippen LogP contribution < -0.4 is 16.2 Å². The predicted molar refractivity (Wildman–Crippen MR) is 119 cm³/mol. The van der Waals surface area contributed by atoms with Gasteiger partial charge in [0.1, 0.15) is 0 Å². The lowest BCUT2D eigenvalue weighted by molar-refractivity contribution is -0.427. The zero-order chi connectivity index (χ0) is 18.6. The topological polar surface area (TPSA) is 91.7 Å². The zero-order valence-electron chi connectivity index (χ0n) is 15.8. The molecule has 1 aliphatic carbocycles. The van der Waals surface area contributed by atoms with Crippen LogP contribution in [0.5, 0.6) is 0 Å². The standard InChI is InChI=1S/C19H23N5O3.2ClH/c25-24(26)15-2-1-3-16-17-5-4-14(12-18(17)21-22-19(16)13-15)20-6-7-23-8-10-27-11-9-23;;/h1-5,12,20-22H,6-11,13H2;2*1H. The molecular formula is C19H25Cl2N5O3. The third kappa shape index (κ3) is 5.42. The first kappa shape index (κ1) is 23.0. The Labute approximate surface area is 182 Å². The Morgan fingerprint density at radius 1 is 1.21 bits per heavy atom. The molecule has 1 aromatic carbocycles. The van der Waals surface area contributed by atoms with Gasteiger partial charge in [-0.2, -0.15) is 0 Å². The first-order valence-corrected chi connectivity index (χ1v) is 9.16. The van der Waals surface area contributed by atoms with E-state index in [1.54, 1.807) is 12.2 Å². The molecule has 158 valence electrons. The highest BCUT2D eigenvalue weighted by Crippen LogP contribution is 2.35. The number of halogens is 2. The number of hydrogen-bond acceptors (Lipinski definition) is 7. The number of allylic oxidation sites excluding steroid dienone is 4. The normalized spacial score (nSPS) is 17.9. The molecule has 4 rings (SSSR count). The summed E-state index contributed by atoms with van der Waals surface area (Å²) in [7, 11) is 0. The van der Waals surface area contributed by atoms with Gasteiger partial charge in [0, 0.05) is 54.8 Å². The van der Waals surface area contributed by atoms with Crippen molar-refractivity contribution in [3.05, 3.63) is 63.5 Å². The summed E-state index contributed by atoms with van der Waals surface area (Å²) < 4.78 is 5.37. The minimum Gasteiger partial charge on any atom is -0.384 e. The predicted octanol–water partition coefficient (Wildman–Crippen LogP) is 3.04. The Hall–Kier alpha value is -2.26. The van der Waals surface area contributed by atoms with Gasteiger partial charge in [0.05, 0.1) is 30.2 Å². The van der Waals surface area contributed by atoms with E-state index in [0.717, 1.165) is 67.6 Å². The molecule has 1 saturated heterocycles. The second-order valence-electron chi connectivity index (χ2n) is 6.73. The summed E-state index contributed by atoms with van der Waals surface area (Å²) >= 11 is 0. The van der Waals surface area contributed by atoms with Crippen LogP contribution in [0.3, 0.4) is 0 Å². The Balaban J connectivity index is 0.00000150. The van der Waals surface area contributed by atoms with Crippen molar-refractivity contribution in [2.45, 2.75) is 6.42 Å². The largest absolute Gasteiger partial charge is 0.384 e. The van der Waals surface area contributed by atoms with E-state index in [1.165, 1.54) is 0 Å². The van der Waals surface area contributed by atoms with Crippen LogP contribution in [0.1, 0.15) is 12.0 Å². The second-order valence-corrected chi connectivity index (χ2v) is 6.73. The van der Waals surface area contributed by atoms with Crippen molar-refractivity contribution in [1.29, 1.82) is 0 Å². The van der Waals surface area contributed by atoms with E-state index >= 15 is 0 Å². The Morgan fingerprint density at radius 2 is 2.00 bits per heavy atom. The molecule has 29 heavy (non-hydrogen) atoms. The van der Waals surface area contributed by atoms with Crippen LogP contribution in [0, 0.1) is 10.1 Å². The number of hydrazine groups is 1. The third-order valence-corrected chi connectivity index (χ3v) is 4.99. The maximum atomic E-state index is 11.1. The number of nitrogens with one attached hydrogen (secondary N) is 3. The highest BCUT2D eigenvalue weighted by atomic mass is 35.5. The molecule has 1 fully saturated rings. The fraction of sp³-hybridized carbons (Fsp3) is 0.368. The molecule has 0 amide bonds. The number of anilines is 2. The van der Waals surface area contributed by atoms with Crippen molar-refractivity contribution in [2.75, 3.05) is 50.1 Å². The number of ether oxygens (including phenoxy) is 1. The van der Waals surface area contributed by atoms with Gasteiger partial charge < -0.3 is 20.9 Å². The van der Waals surface area contributed by atoms with Gasteiger partial charge in [-0.25, -0.2) is 0 Å². The number of fused-ring (bicyclic) bond motifs is 2. The molecule has 0 unspecified atom stereocenters. The summed E-state index contributed by atoms with van der Waals surface area (Å²) in [6, 6.07) is 6.17. The Morgan fingerprint density at radius 3 is 2.76 bits per heavy atom. The highest BCUT2D eigenvalue weighted by Gasteiger charge is 2.23. The lowest BCUT2D eigenvalue weighted by Crippen LogP contribution is -2.39. The van der Waals surface area contributed by atoms with E-state index in [-0.39, 0.29) is 41.9 Å². The number of nitrogens with zero attached hydrogens (tertiary/aromatic N) is 2. The van der Waals surface area contributed by atoms with E-state index in [0.29, 0.717) is 0 Å². The number of nitro groups is 1. The summed E-state index contributed by atoms with van der Waals surface area (Å²) in [5.41, 5.74) is 11.3. The van der Waals surface area contributed by atoms with Crippen LogP contribution in [0.4, 0.5) is 11.4 Å². The van der Waals surface area contributed by atoms with Crippen LogP contribution in [-0.2, 0) is 4.74 Å². The number of morpholine rings is 1. The zero-order valence-corrected chi connectivity index (χ0v) is 17.5. The van der Waals surface area contributed by atoms with Gasteiger partial charge in [-0.3, -0.25) is 15.0 Å². The lowest BCUT2D eigenvalue weighted by Gasteiger charge is -2.27. The monoisotopic (exact) mass is 441 g/mol. The number of benzene rings is 1. The quantitative estimate of drug-likeness (QED) is 0.477. The van der Waals surface area contributed by atoms with Crippen LogP contribution in [0.2, 0.25) is 0 Å². The molecule has 0 saturated carbocycles. The Kier molecular flexibility index (Phi) is 8.33. The van der Waals surface area contributed by atoms with Gasteiger partial charge in [0.2, 0.25) is 0 Å². The maximum Gasteiger partial charge on any atom is 0.252 e. The van der Waals surface area contributed by atoms with Gasteiger partial charge in [-0.1, -0.05) is 18.2 Å². The molecule has 8 nitrogen and oxygen atoms in total. The number of rotatable bonds is 5. The van der Waals surface area contributed by atoms with Crippen LogP contribution in [0.15, 0.2) is 47.8 Å². The molecule has 10 heteroatoms.